The Labute approximate surface area is 100 Å². The molecule has 1 atom stereocenters. The second kappa shape index (κ2) is 6.31. The first kappa shape index (κ1) is 12.8. The van der Waals surface area contributed by atoms with E-state index >= 15 is 0 Å². The van der Waals surface area contributed by atoms with Crippen LogP contribution in [0.4, 0.5) is 5.82 Å². The van der Waals surface area contributed by atoms with Gasteiger partial charge in [0.1, 0.15) is 16.9 Å². The van der Waals surface area contributed by atoms with Crippen LogP contribution < -0.4 is 5.32 Å². The number of halogens is 1. The molecule has 16 heavy (non-hydrogen) atoms. The van der Waals surface area contributed by atoms with Crippen LogP contribution in [0, 0.1) is 11.3 Å². The van der Waals surface area contributed by atoms with Gasteiger partial charge in [0.05, 0.1) is 12.2 Å². The van der Waals surface area contributed by atoms with Gasteiger partial charge in [-0.15, -0.1) is 0 Å². The van der Waals surface area contributed by atoms with E-state index in [1.54, 1.807) is 12.3 Å². The summed E-state index contributed by atoms with van der Waals surface area (Å²) in [4.78, 5) is 4.09. The van der Waals surface area contributed by atoms with Gasteiger partial charge in [0, 0.05) is 18.8 Å². The molecule has 0 aliphatic carbocycles. The van der Waals surface area contributed by atoms with Crippen molar-refractivity contribution in [3.63, 3.8) is 0 Å². The molecule has 0 saturated heterocycles. The van der Waals surface area contributed by atoms with E-state index in [-0.39, 0.29) is 6.04 Å². The van der Waals surface area contributed by atoms with E-state index in [2.05, 4.69) is 10.3 Å². The zero-order valence-corrected chi connectivity index (χ0v) is 10.1. The van der Waals surface area contributed by atoms with Crippen LogP contribution >= 0.6 is 11.6 Å². The van der Waals surface area contributed by atoms with Crippen molar-refractivity contribution in [2.75, 3.05) is 18.5 Å². The summed E-state index contributed by atoms with van der Waals surface area (Å²) in [5, 5.41) is 12.3. The molecule has 1 N–H and O–H groups in total. The summed E-state index contributed by atoms with van der Waals surface area (Å²) in [5.74, 6) is 0.521. The molecule has 1 rings (SSSR count). The number of nitrogens with one attached hydrogen (secondary N) is 1. The molecule has 0 radical (unpaired) electrons. The van der Waals surface area contributed by atoms with Crippen LogP contribution in [0.25, 0.3) is 0 Å². The number of rotatable bonds is 5. The molecule has 0 aliphatic heterocycles. The van der Waals surface area contributed by atoms with E-state index in [1.165, 1.54) is 0 Å². The summed E-state index contributed by atoms with van der Waals surface area (Å²) in [6, 6.07) is 3.69. The lowest BCUT2D eigenvalue weighted by Gasteiger charge is -2.15. The average Bonchev–Trinajstić information content (AvgIpc) is 2.29. The maximum atomic E-state index is 8.80. The number of aromatic nitrogens is 1. The fraction of sp³-hybridized carbons (Fsp3) is 0.455. The lowest BCUT2D eigenvalue weighted by Crippen LogP contribution is -2.22. The highest BCUT2D eigenvalue weighted by molar-refractivity contribution is 6.34. The fourth-order valence-corrected chi connectivity index (χ4v) is 1.41. The first-order chi connectivity index (χ1) is 7.69. The first-order valence-corrected chi connectivity index (χ1v) is 5.45. The van der Waals surface area contributed by atoms with Crippen molar-refractivity contribution in [2.45, 2.75) is 19.9 Å². The molecule has 1 aromatic heterocycles. The summed E-state index contributed by atoms with van der Waals surface area (Å²) in [6.07, 6.45) is 1.56. The van der Waals surface area contributed by atoms with Crippen molar-refractivity contribution in [3.05, 3.63) is 22.8 Å². The third kappa shape index (κ3) is 3.37. The number of hydrogen-bond acceptors (Lipinski definition) is 4. The number of hydrogen-bond donors (Lipinski definition) is 1. The topological polar surface area (TPSA) is 57.9 Å². The molecule has 4 nitrogen and oxygen atoms in total. The van der Waals surface area contributed by atoms with Gasteiger partial charge < -0.3 is 10.1 Å². The van der Waals surface area contributed by atoms with Crippen LogP contribution in [0.2, 0.25) is 5.02 Å². The molecule has 0 amide bonds. The number of nitriles is 1. The number of ether oxygens (including phenoxy) is 1. The minimum atomic E-state index is 0.0962. The van der Waals surface area contributed by atoms with Crippen molar-refractivity contribution < 1.29 is 4.74 Å². The third-order valence-electron chi connectivity index (χ3n) is 1.96. The molecule has 0 saturated carbocycles. The molecule has 86 valence electrons. The Morgan fingerprint density at radius 2 is 2.44 bits per heavy atom. The van der Waals surface area contributed by atoms with Gasteiger partial charge in [0.15, 0.2) is 0 Å². The Morgan fingerprint density at radius 3 is 3.06 bits per heavy atom. The predicted octanol–water partition coefficient (Wildman–Crippen LogP) is 2.44. The zero-order valence-electron chi connectivity index (χ0n) is 9.33. The van der Waals surface area contributed by atoms with Gasteiger partial charge in [-0.05, 0) is 19.9 Å². The van der Waals surface area contributed by atoms with Gasteiger partial charge in [0.25, 0.3) is 0 Å². The highest BCUT2D eigenvalue weighted by atomic mass is 35.5. The summed E-state index contributed by atoms with van der Waals surface area (Å²) < 4.78 is 5.27. The smallest absolute Gasteiger partial charge is 0.146 e. The van der Waals surface area contributed by atoms with Gasteiger partial charge in [-0.1, -0.05) is 11.6 Å². The Hall–Kier alpha value is -1.31. The van der Waals surface area contributed by atoms with E-state index in [0.29, 0.717) is 29.6 Å². The maximum Gasteiger partial charge on any atom is 0.146 e. The first-order valence-electron chi connectivity index (χ1n) is 5.08. The Bertz CT molecular complexity index is 389. The van der Waals surface area contributed by atoms with Crippen molar-refractivity contribution in [1.29, 1.82) is 5.26 Å². The average molecular weight is 240 g/mol. The van der Waals surface area contributed by atoms with Gasteiger partial charge in [0.2, 0.25) is 0 Å². The fourth-order valence-electron chi connectivity index (χ4n) is 1.20. The SMILES string of the molecule is CCOCC(C)Nc1nccc(C#N)c1Cl. The van der Waals surface area contributed by atoms with E-state index in [1.807, 2.05) is 19.9 Å². The normalized spacial score (nSPS) is 11.9. The quantitative estimate of drug-likeness (QED) is 0.858. The summed E-state index contributed by atoms with van der Waals surface area (Å²) in [5.41, 5.74) is 0.419. The van der Waals surface area contributed by atoms with Crippen LogP contribution in [0.3, 0.4) is 0 Å². The van der Waals surface area contributed by atoms with Crippen LogP contribution in [-0.2, 0) is 4.74 Å². The van der Waals surface area contributed by atoms with Crippen molar-refractivity contribution in [3.8, 4) is 6.07 Å². The standard InChI is InChI=1S/C11H14ClN3O/c1-3-16-7-8(2)15-11-10(12)9(6-13)4-5-14-11/h4-5,8H,3,7H2,1-2H3,(H,14,15). The number of pyridine rings is 1. The van der Waals surface area contributed by atoms with Crippen LogP contribution in [0.5, 0.6) is 0 Å². The monoisotopic (exact) mass is 239 g/mol. The molecule has 0 aromatic carbocycles. The minimum absolute atomic E-state index is 0.0962. The summed E-state index contributed by atoms with van der Waals surface area (Å²) >= 11 is 6.00. The zero-order chi connectivity index (χ0) is 12.0. The van der Waals surface area contributed by atoms with E-state index in [0.717, 1.165) is 0 Å². The Morgan fingerprint density at radius 1 is 1.69 bits per heavy atom. The molecule has 1 unspecified atom stereocenters. The molecular formula is C11H14ClN3O. The molecule has 1 heterocycles. The molecular weight excluding hydrogens is 226 g/mol. The van der Waals surface area contributed by atoms with Gasteiger partial charge in [-0.2, -0.15) is 5.26 Å². The molecule has 0 aliphatic rings. The largest absolute Gasteiger partial charge is 0.380 e. The van der Waals surface area contributed by atoms with Crippen LogP contribution in [0.1, 0.15) is 19.4 Å². The lowest BCUT2D eigenvalue weighted by molar-refractivity contribution is 0.141. The molecule has 0 bridgehead atoms. The maximum absolute atomic E-state index is 8.80. The molecule has 1 aromatic rings. The van der Waals surface area contributed by atoms with E-state index < -0.39 is 0 Å². The highest BCUT2D eigenvalue weighted by Gasteiger charge is 2.09. The van der Waals surface area contributed by atoms with Gasteiger partial charge in [-0.3, -0.25) is 0 Å². The second-order valence-electron chi connectivity index (χ2n) is 3.34. The van der Waals surface area contributed by atoms with Gasteiger partial charge >= 0.3 is 0 Å². The van der Waals surface area contributed by atoms with E-state index in [9.17, 15) is 0 Å². The van der Waals surface area contributed by atoms with E-state index in [4.69, 9.17) is 21.6 Å². The third-order valence-corrected chi connectivity index (χ3v) is 2.35. The Balaban J connectivity index is 2.70. The molecule has 0 fully saturated rings. The number of anilines is 1. The van der Waals surface area contributed by atoms with Gasteiger partial charge in [-0.25, -0.2) is 4.98 Å². The molecule has 5 heteroatoms. The number of nitrogens with zero attached hydrogens (tertiary/aromatic N) is 2. The highest BCUT2D eigenvalue weighted by Crippen LogP contribution is 2.23. The van der Waals surface area contributed by atoms with Crippen molar-refractivity contribution in [2.24, 2.45) is 0 Å². The predicted molar refractivity (Wildman–Crippen MR) is 63.5 cm³/mol. The minimum Gasteiger partial charge on any atom is -0.380 e. The van der Waals surface area contributed by atoms with Crippen molar-refractivity contribution >= 4 is 17.4 Å². The Kier molecular flexibility index (Phi) is 5.03. The summed E-state index contributed by atoms with van der Waals surface area (Å²) in [7, 11) is 0. The molecule has 0 spiro atoms. The van der Waals surface area contributed by atoms with Crippen molar-refractivity contribution in [1.82, 2.24) is 4.98 Å². The second-order valence-corrected chi connectivity index (χ2v) is 3.72. The summed E-state index contributed by atoms with van der Waals surface area (Å²) in [6.45, 7) is 5.15. The lowest BCUT2D eigenvalue weighted by atomic mass is 10.2. The van der Waals surface area contributed by atoms with Crippen LogP contribution in [-0.4, -0.2) is 24.2 Å². The van der Waals surface area contributed by atoms with Crippen LogP contribution in [0.15, 0.2) is 12.3 Å².